The largest absolute Gasteiger partial charge is 0.331 e. The molecule has 19 heavy (non-hydrogen) atoms. The van der Waals surface area contributed by atoms with Gasteiger partial charge in [-0.2, -0.15) is 0 Å². The standard InChI is InChI=1S/C13H9ClF2N2S/c14-8-4-1-2-7-11(8)17-13(19)18-12-9(15)5-3-6-10(12)16/h1-7H,(H2,17,18,19). The molecule has 0 saturated heterocycles. The molecule has 0 spiro atoms. The molecule has 98 valence electrons. The number of benzene rings is 2. The fraction of sp³-hybridized carbons (Fsp3) is 0. The van der Waals surface area contributed by atoms with E-state index in [9.17, 15) is 8.78 Å². The quantitative estimate of drug-likeness (QED) is 0.802. The molecular formula is C13H9ClF2N2S. The van der Waals surface area contributed by atoms with Gasteiger partial charge in [0, 0.05) is 0 Å². The van der Waals surface area contributed by atoms with Gasteiger partial charge >= 0.3 is 0 Å². The minimum absolute atomic E-state index is 0.0529. The van der Waals surface area contributed by atoms with Crippen molar-refractivity contribution in [2.75, 3.05) is 10.6 Å². The Kier molecular flexibility index (Phi) is 4.29. The molecule has 2 rings (SSSR count). The van der Waals surface area contributed by atoms with Crippen LogP contribution in [0.4, 0.5) is 20.2 Å². The zero-order chi connectivity index (χ0) is 13.8. The number of hydrogen-bond donors (Lipinski definition) is 2. The molecule has 2 N–H and O–H groups in total. The first-order valence-electron chi connectivity index (χ1n) is 5.34. The van der Waals surface area contributed by atoms with Crippen molar-refractivity contribution in [2.45, 2.75) is 0 Å². The second-order valence-electron chi connectivity index (χ2n) is 3.66. The molecule has 0 atom stereocenters. The summed E-state index contributed by atoms with van der Waals surface area (Å²) in [6, 6.07) is 10.5. The van der Waals surface area contributed by atoms with Crippen molar-refractivity contribution in [3.8, 4) is 0 Å². The van der Waals surface area contributed by atoms with Gasteiger partial charge < -0.3 is 10.6 Å². The molecule has 0 aromatic heterocycles. The molecule has 2 aromatic rings. The Morgan fingerprint density at radius 1 is 0.947 bits per heavy atom. The first kappa shape index (κ1) is 13.7. The van der Waals surface area contributed by atoms with E-state index in [4.69, 9.17) is 23.8 Å². The molecule has 0 heterocycles. The average molecular weight is 299 g/mol. The van der Waals surface area contributed by atoms with E-state index in [1.165, 1.54) is 6.07 Å². The summed E-state index contributed by atoms with van der Waals surface area (Å²) in [5.74, 6) is -1.44. The van der Waals surface area contributed by atoms with Crippen LogP contribution >= 0.6 is 23.8 Å². The lowest BCUT2D eigenvalue weighted by Gasteiger charge is -2.12. The van der Waals surface area contributed by atoms with Crippen molar-refractivity contribution >= 4 is 40.3 Å². The van der Waals surface area contributed by atoms with Gasteiger partial charge in [-0.3, -0.25) is 0 Å². The summed E-state index contributed by atoms with van der Waals surface area (Å²) < 4.78 is 26.8. The molecule has 0 aliphatic rings. The smallest absolute Gasteiger partial charge is 0.175 e. The third-order valence-corrected chi connectivity index (χ3v) is 2.86. The summed E-state index contributed by atoms with van der Waals surface area (Å²) in [6.07, 6.45) is 0. The Balaban J connectivity index is 2.12. The minimum Gasteiger partial charge on any atom is -0.331 e. The second-order valence-corrected chi connectivity index (χ2v) is 4.47. The summed E-state index contributed by atoms with van der Waals surface area (Å²) in [5, 5.41) is 5.75. The summed E-state index contributed by atoms with van der Waals surface area (Å²) in [5.41, 5.74) is 0.255. The van der Waals surface area contributed by atoms with Crippen molar-refractivity contribution in [2.24, 2.45) is 0 Å². The third kappa shape index (κ3) is 3.39. The SMILES string of the molecule is Fc1cccc(F)c1NC(=S)Nc1ccccc1Cl. The van der Waals surface area contributed by atoms with Crippen molar-refractivity contribution in [3.63, 3.8) is 0 Å². The van der Waals surface area contributed by atoms with Crippen molar-refractivity contribution in [1.29, 1.82) is 0 Å². The van der Waals surface area contributed by atoms with Crippen LogP contribution in [0.5, 0.6) is 0 Å². The van der Waals surface area contributed by atoms with Crippen LogP contribution in [0.25, 0.3) is 0 Å². The molecule has 0 amide bonds. The van der Waals surface area contributed by atoms with E-state index in [0.717, 1.165) is 12.1 Å². The van der Waals surface area contributed by atoms with Crippen LogP contribution in [0.1, 0.15) is 0 Å². The number of hydrogen-bond acceptors (Lipinski definition) is 1. The van der Waals surface area contributed by atoms with E-state index >= 15 is 0 Å². The minimum atomic E-state index is -0.719. The van der Waals surface area contributed by atoms with Gasteiger partial charge in [-0.05, 0) is 36.5 Å². The monoisotopic (exact) mass is 298 g/mol. The molecule has 2 aromatic carbocycles. The van der Waals surface area contributed by atoms with Crippen LogP contribution in [0, 0.1) is 11.6 Å². The maximum atomic E-state index is 13.4. The first-order chi connectivity index (χ1) is 9.08. The molecule has 0 aliphatic heterocycles. The Hall–Kier alpha value is -1.72. The Morgan fingerprint density at radius 3 is 2.21 bits per heavy atom. The number of anilines is 2. The topological polar surface area (TPSA) is 24.1 Å². The Labute approximate surface area is 119 Å². The van der Waals surface area contributed by atoms with Crippen molar-refractivity contribution < 1.29 is 8.78 Å². The number of thiocarbonyl (C=S) groups is 1. The predicted octanol–water partition coefficient (Wildman–Crippen LogP) is 4.43. The highest BCUT2D eigenvalue weighted by molar-refractivity contribution is 7.80. The van der Waals surface area contributed by atoms with Gasteiger partial charge in [-0.1, -0.05) is 29.8 Å². The van der Waals surface area contributed by atoms with Crippen LogP contribution in [-0.2, 0) is 0 Å². The fourth-order valence-corrected chi connectivity index (χ4v) is 1.84. The molecule has 0 unspecified atom stereocenters. The van der Waals surface area contributed by atoms with Gasteiger partial charge in [0.05, 0.1) is 10.7 Å². The van der Waals surface area contributed by atoms with E-state index in [1.807, 2.05) is 0 Å². The summed E-state index contributed by atoms with van der Waals surface area (Å²) in [6.45, 7) is 0. The highest BCUT2D eigenvalue weighted by Gasteiger charge is 2.10. The number of nitrogens with one attached hydrogen (secondary N) is 2. The molecule has 0 fully saturated rings. The third-order valence-electron chi connectivity index (χ3n) is 2.32. The lowest BCUT2D eigenvalue weighted by molar-refractivity contribution is 0.591. The Bertz CT molecular complexity index is 599. The van der Waals surface area contributed by atoms with Gasteiger partial charge in [0.15, 0.2) is 5.11 Å². The van der Waals surface area contributed by atoms with E-state index < -0.39 is 11.6 Å². The van der Waals surface area contributed by atoms with Gasteiger partial charge in [-0.15, -0.1) is 0 Å². The highest BCUT2D eigenvalue weighted by atomic mass is 35.5. The fourth-order valence-electron chi connectivity index (χ4n) is 1.45. The van der Waals surface area contributed by atoms with E-state index in [0.29, 0.717) is 10.7 Å². The molecule has 0 aliphatic carbocycles. The Morgan fingerprint density at radius 2 is 1.58 bits per heavy atom. The van der Waals surface area contributed by atoms with Gasteiger partial charge in [-0.25, -0.2) is 8.78 Å². The van der Waals surface area contributed by atoms with E-state index in [-0.39, 0.29) is 10.8 Å². The lowest BCUT2D eigenvalue weighted by atomic mass is 10.3. The predicted molar refractivity (Wildman–Crippen MR) is 77.7 cm³/mol. The van der Waals surface area contributed by atoms with Gasteiger partial charge in [0.2, 0.25) is 0 Å². The van der Waals surface area contributed by atoms with Crippen molar-refractivity contribution in [1.82, 2.24) is 0 Å². The normalized spacial score (nSPS) is 10.1. The van der Waals surface area contributed by atoms with Crippen LogP contribution in [0.3, 0.4) is 0 Å². The van der Waals surface area contributed by atoms with E-state index in [1.54, 1.807) is 24.3 Å². The number of para-hydroxylation sites is 2. The molecule has 0 radical (unpaired) electrons. The van der Waals surface area contributed by atoms with Crippen LogP contribution in [-0.4, -0.2) is 5.11 Å². The lowest BCUT2D eigenvalue weighted by Crippen LogP contribution is -2.20. The highest BCUT2D eigenvalue weighted by Crippen LogP contribution is 2.22. The summed E-state index contributed by atoms with van der Waals surface area (Å²) >= 11 is 10.9. The first-order valence-corrected chi connectivity index (χ1v) is 6.13. The van der Waals surface area contributed by atoms with Crippen LogP contribution in [0.2, 0.25) is 5.02 Å². The van der Waals surface area contributed by atoms with E-state index in [2.05, 4.69) is 10.6 Å². The van der Waals surface area contributed by atoms with Gasteiger partial charge in [0.1, 0.15) is 17.3 Å². The zero-order valence-corrected chi connectivity index (χ0v) is 11.2. The van der Waals surface area contributed by atoms with Crippen LogP contribution in [0.15, 0.2) is 42.5 Å². The van der Waals surface area contributed by atoms with Crippen molar-refractivity contribution in [3.05, 3.63) is 59.1 Å². The van der Waals surface area contributed by atoms with Gasteiger partial charge in [0.25, 0.3) is 0 Å². The summed E-state index contributed by atoms with van der Waals surface area (Å²) in [4.78, 5) is 0. The number of halogens is 3. The summed E-state index contributed by atoms with van der Waals surface area (Å²) in [7, 11) is 0. The zero-order valence-electron chi connectivity index (χ0n) is 9.58. The second kappa shape index (κ2) is 5.95. The maximum absolute atomic E-state index is 13.4. The molecule has 2 nitrogen and oxygen atoms in total. The molecule has 0 saturated carbocycles. The average Bonchev–Trinajstić information content (AvgIpc) is 2.37. The van der Waals surface area contributed by atoms with Crippen LogP contribution < -0.4 is 10.6 Å². The number of rotatable bonds is 2. The molecular weight excluding hydrogens is 290 g/mol. The molecule has 6 heteroatoms. The molecule has 0 bridgehead atoms. The maximum Gasteiger partial charge on any atom is 0.175 e.